The van der Waals surface area contributed by atoms with Crippen molar-refractivity contribution in [3.8, 4) is 5.69 Å². The Bertz CT molecular complexity index is 1140. The van der Waals surface area contributed by atoms with Gasteiger partial charge in [0.25, 0.3) is 0 Å². The van der Waals surface area contributed by atoms with E-state index in [1.165, 1.54) is 29.0 Å². The number of nitrogens with zero attached hydrogens (tertiary/aromatic N) is 2. The summed E-state index contributed by atoms with van der Waals surface area (Å²) in [7, 11) is 0. The van der Waals surface area contributed by atoms with Crippen molar-refractivity contribution in [1.82, 2.24) is 9.55 Å². The van der Waals surface area contributed by atoms with Crippen molar-refractivity contribution >= 4 is 34.4 Å². The fourth-order valence-corrected chi connectivity index (χ4v) is 2.67. The third-order valence-corrected chi connectivity index (χ3v) is 3.85. The topological polar surface area (TPSA) is 73.2 Å². The van der Waals surface area contributed by atoms with Crippen LogP contribution in [0.2, 0.25) is 5.15 Å². The highest BCUT2D eigenvalue weighted by molar-refractivity contribution is 6.29. The fraction of sp³-hybridized carbons (Fsp3) is 0.211. The standard InChI is InChI=1S/C19H16ClF2N3O3/c1-19(2,3)28-18(27)23-13-9-14(12(22)8-11(13)21)25-7-6-15(26)10-4-5-16(20)24-17(10)25/h4-9H,1-3H3,(H,23,27). The highest BCUT2D eigenvalue weighted by Gasteiger charge is 2.20. The first-order valence-corrected chi connectivity index (χ1v) is 8.60. The summed E-state index contributed by atoms with van der Waals surface area (Å²) < 4.78 is 35.0. The van der Waals surface area contributed by atoms with Crippen molar-refractivity contribution in [2.24, 2.45) is 0 Å². The lowest BCUT2D eigenvalue weighted by Gasteiger charge is -2.20. The van der Waals surface area contributed by atoms with E-state index >= 15 is 0 Å². The van der Waals surface area contributed by atoms with E-state index in [0.29, 0.717) is 6.07 Å². The number of carbonyl (C=O) groups is 1. The Balaban J connectivity index is 2.12. The predicted octanol–water partition coefficient (Wildman–Crippen LogP) is 4.66. The maximum Gasteiger partial charge on any atom is 0.412 e. The molecule has 0 aliphatic rings. The molecule has 0 fully saturated rings. The molecule has 28 heavy (non-hydrogen) atoms. The minimum Gasteiger partial charge on any atom is -0.444 e. The largest absolute Gasteiger partial charge is 0.444 e. The Kier molecular flexibility index (Phi) is 5.08. The third-order valence-electron chi connectivity index (χ3n) is 3.64. The summed E-state index contributed by atoms with van der Waals surface area (Å²) in [5.41, 5.74) is -1.45. The Morgan fingerprint density at radius 2 is 1.89 bits per heavy atom. The van der Waals surface area contributed by atoms with Crippen molar-refractivity contribution < 1.29 is 18.3 Å². The van der Waals surface area contributed by atoms with E-state index in [9.17, 15) is 18.4 Å². The molecule has 0 radical (unpaired) electrons. The highest BCUT2D eigenvalue weighted by Crippen LogP contribution is 2.25. The fourth-order valence-electron chi connectivity index (χ4n) is 2.53. The van der Waals surface area contributed by atoms with Crippen LogP contribution in [0.5, 0.6) is 0 Å². The first-order valence-electron chi connectivity index (χ1n) is 8.22. The van der Waals surface area contributed by atoms with Gasteiger partial charge in [0.1, 0.15) is 28.0 Å². The van der Waals surface area contributed by atoms with Crippen molar-refractivity contribution in [1.29, 1.82) is 0 Å². The molecule has 1 N–H and O–H groups in total. The van der Waals surface area contributed by atoms with Crippen LogP contribution in [-0.2, 0) is 4.74 Å². The molecule has 1 aromatic carbocycles. The van der Waals surface area contributed by atoms with Crippen LogP contribution in [0.25, 0.3) is 16.7 Å². The number of hydrogen-bond donors (Lipinski definition) is 1. The molecule has 0 bridgehead atoms. The van der Waals surface area contributed by atoms with Gasteiger partial charge in [0.15, 0.2) is 5.43 Å². The highest BCUT2D eigenvalue weighted by atomic mass is 35.5. The van der Waals surface area contributed by atoms with Gasteiger partial charge in [-0.15, -0.1) is 0 Å². The number of fused-ring (bicyclic) bond motifs is 1. The lowest BCUT2D eigenvalue weighted by atomic mass is 10.2. The molecule has 6 nitrogen and oxygen atoms in total. The van der Waals surface area contributed by atoms with Crippen LogP contribution in [0, 0.1) is 11.6 Å². The Morgan fingerprint density at radius 3 is 2.57 bits per heavy atom. The van der Waals surface area contributed by atoms with Crippen LogP contribution in [0.4, 0.5) is 19.3 Å². The number of rotatable bonds is 2. The van der Waals surface area contributed by atoms with Crippen LogP contribution in [-0.4, -0.2) is 21.2 Å². The lowest BCUT2D eigenvalue weighted by molar-refractivity contribution is 0.0635. The summed E-state index contributed by atoms with van der Waals surface area (Å²) in [5, 5.41) is 2.55. The molecule has 2 heterocycles. The number of aromatic nitrogens is 2. The van der Waals surface area contributed by atoms with Gasteiger partial charge in [-0.05, 0) is 39.0 Å². The number of hydrogen-bond acceptors (Lipinski definition) is 4. The number of anilines is 1. The zero-order valence-corrected chi connectivity index (χ0v) is 16.0. The number of amides is 1. The van der Waals surface area contributed by atoms with Gasteiger partial charge in [-0.1, -0.05) is 11.6 Å². The van der Waals surface area contributed by atoms with Crippen LogP contribution in [0.3, 0.4) is 0 Å². The molecule has 0 saturated carbocycles. The molecule has 2 aromatic heterocycles. The molecule has 0 aliphatic heterocycles. The van der Waals surface area contributed by atoms with E-state index in [0.717, 1.165) is 6.07 Å². The van der Waals surface area contributed by atoms with Crippen molar-refractivity contribution in [2.45, 2.75) is 26.4 Å². The number of carbonyl (C=O) groups excluding carboxylic acids is 1. The van der Waals surface area contributed by atoms with Crippen LogP contribution in [0.15, 0.2) is 41.3 Å². The molecule has 0 unspecified atom stereocenters. The SMILES string of the molecule is CC(C)(C)OC(=O)Nc1cc(-n2ccc(=O)c3ccc(Cl)nc32)c(F)cc1F. The normalized spacial score (nSPS) is 11.5. The van der Waals surface area contributed by atoms with Crippen molar-refractivity contribution in [3.63, 3.8) is 0 Å². The maximum absolute atomic E-state index is 14.5. The summed E-state index contributed by atoms with van der Waals surface area (Å²) in [6.07, 6.45) is 0.400. The minimum atomic E-state index is -0.983. The van der Waals surface area contributed by atoms with Gasteiger partial charge >= 0.3 is 6.09 Å². The third kappa shape index (κ3) is 4.12. The summed E-state index contributed by atoms with van der Waals surface area (Å²) in [5.74, 6) is -1.90. The zero-order valence-electron chi connectivity index (χ0n) is 15.2. The Morgan fingerprint density at radius 1 is 1.18 bits per heavy atom. The molecule has 0 saturated heterocycles. The Labute approximate surface area is 163 Å². The minimum absolute atomic E-state index is 0.0914. The second-order valence-electron chi connectivity index (χ2n) is 6.97. The quantitative estimate of drug-likeness (QED) is 0.627. The zero-order chi connectivity index (χ0) is 20.6. The van der Waals surface area contributed by atoms with Crippen molar-refractivity contribution in [2.75, 3.05) is 5.32 Å². The van der Waals surface area contributed by atoms with Crippen LogP contribution >= 0.6 is 11.6 Å². The first kappa shape index (κ1) is 19.8. The molecule has 0 atom stereocenters. The van der Waals surface area contributed by atoms with E-state index in [1.807, 2.05) is 0 Å². The summed E-state index contributed by atoms with van der Waals surface area (Å²) in [6, 6.07) is 5.83. The second kappa shape index (κ2) is 7.20. The molecule has 1 amide bonds. The van der Waals surface area contributed by atoms with Crippen LogP contribution in [0.1, 0.15) is 20.8 Å². The molecular weight excluding hydrogens is 392 g/mol. The molecule has 146 valence electrons. The molecule has 3 rings (SSSR count). The van der Waals surface area contributed by atoms with E-state index in [1.54, 1.807) is 20.8 Å². The van der Waals surface area contributed by atoms with Gasteiger partial charge in [0.05, 0.1) is 16.8 Å². The van der Waals surface area contributed by atoms with Gasteiger partial charge in [0, 0.05) is 18.3 Å². The number of benzene rings is 1. The molecule has 0 aliphatic carbocycles. The summed E-state index contributed by atoms with van der Waals surface area (Å²) >= 11 is 5.90. The van der Waals surface area contributed by atoms with E-state index in [4.69, 9.17) is 16.3 Å². The smallest absolute Gasteiger partial charge is 0.412 e. The van der Waals surface area contributed by atoms with E-state index < -0.39 is 23.3 Å². The lowest BCUT2D eigenvalue weighted by Crippen LogP contribution is -2.27. The summed E-state index contributed by atoms with van der Waals surface area (Å²) in [6.45, 7) is 4.96. The van der Waals surface area contributed by atoms with Gasteiger partial charge in [-0.3, -0.25) is 14.7 Å². The number of ether oxygens (including phenoxy) is 1. The molecule has 0 spiro atoms. The second-order valence-corrected chi connectivity index (χ2v) is 7.35. The van der Waals surface area contributed by atoms with E-state index in [-0.39, 0.29) is 33.0 Å². The summed E-state index contributed by atoms with van der Waals surface area (Å²) in [4.78, 5) is 28.0. The Hall–Kier alpha value is -3.00. The number of halogens is 3. The molecular formula is C19H16ClF2N3O3. The van der Waals surface area contributed by atoms with Crippen molar-refractivity contribution in [3.05, 3.63) is 63.5 Å². The van der Waals surface area contributed by atoms with Gasteiger partial charge in [-0.25, -0.2) is 18.6 Å². The average Bonchev–Trinajstić information content (AvgIpc) is 2.56. The maximum atomic E-state index is 14.5. The van der Waals surface area contributed by atoms with Crippen LogP contribution < -0.4 is 10.7 Å². The monoisotopic (exact) mass is 407 g/mol. The van der Waals surface area contributed by atoms with Gasteiger partial charge in [-0.2, -0.15) is 0 Å². The molecule has 9 heteroatoms. The first-order chi connectivity index (χ1) is 13.0. The van der Waals surface area contributed by atoms with E-state index in [2.05, 4.69) is 10.3 Å². The number of nitrogens with one attached hydrogen (secondary N) is 1. The molecule has 3 aromatic rings. The number of pyridine rings is 2. The van der Waals surface area contributed by atoms with Gasteiger partial charge < -0.3 is 4.74 Å². The predicted molar refractivity (Wildman–Crippen MR) is 102 cm³/mol. The average molecular weight is 408 g/mol. The van der Waals surface area contributed by atoms with Gasteiger partial charge in [0.2, 0.25) is 0 Å².